The molecule has 0 aliphatic heterocycles. The minimum Gasteiger partial charge on any atom is -0.308 e. The van der Waals surface area contributed by atoms with Gasteiger partial charge in [-0.05, 0) is 88.0 Å². The maximum absolute atomic E-state index is 14.7. The molecule has 63 heavy (non-hydrogen) atoms. The topological polar surface area (TPSA) is 91.2 Å². The van der Waals surface area contributed by atoms with Crippen LogP contribution in [0.2, 0.25) is 0 Å². The number of alkyl halides is 3. The average Bonchev–Trinajstić information content (AvgIpc) is 3.66. The smallest absolute Gasteiger partial charge is 0.308 e. The summed E-state index contributed by atoms with van der Waals surface area (Å²) < 4.78 is 46.2. The average molecular weight is 821 g/mol. The molecule has 298 valence electrons. The van der Waals surface area contributed by atoms with Crippen molar-refractivity contribution >= 4 is 21.8 Å². The van der Waals surface area contributed by atoms with Crippen LogP contribution in [-0.2, 0) is 6.18 Å². The number of rotatable bonds is 7. The molecule has 0 aliphatic rings. The molecular weight excluding hydrogens is 790 g/mol. The van der Waals surface area contributed by atoms with Gasteiger partial charge in [-0.1, -0.05) is 133 Å². The Morgan fingerprint density at radius 3 is 1.38 bits per heavy atom. The lowest BCUT2D eigenvalue weighted by Gasteiger charge is -2.18. The van der Waals surface area contributed by atoms with Gasteiger partial charge in [-0.25, -0.2) is 15.0 Å². The van der Waals surface area contributed by atoms with Crippen molar-refractivity contribution in [3.63, 3.8) is 0 Å². The quantitative estimate of drug-likeness (QED) is 0.160. The van der Waals surface area contributed by atoms with Gasteiger partial charge in [0.2, 0.25) is 0 Å². The molecule has 0 unspecified atom stereocenters. The summed E-state index contributed by atoms with van der Waals surface area (Å²) in [5, 5.41) is 21.3. The number of halogens is 3. The number of fused-ring (bicyclic) bond motifs is 3. The Labute approximate surface area is 360 Å². The van der Waals surface area contributed by atoms with E-state index < -0.39 is 11.7 Å². The highest BCUT2D eigenvalue weighted by Gasteiger charge is 2.33. The number of nitriles is 2. The van der Waals surface area contributed by atoms with E-state index in [4.69, 9.17) is 15.0 Å². The molecule has 0 bridgehead atoms. The van der Waals surface area contributed by atoms with Crippen LogP contribution in [0.15, 0.2) is 188 Å². The maximum atomic E-state index is 14.7. The second kappa shape index (κ2) is 15.7. The fraction of sp³-hybridized carbons (Fsp3) is 0.0185. The molecule has 0 saturated carbocycles. The molecule has 0 saturated heterocycles. The summed E-state index contributed by atoms with van der Waals surface area (Å²) in [7, 11) is 0. The molecule has 8 aromatic carbocycles. The van der Waals surface area contributed by atoms with Crippen molar-refractivity contribution in [1.82, 2.24) is 19.5 Å². The molecule has 9 heteroatoms. The minimum atomic E-state index is -4.62. The van der Waals surface area contributed by atoms with Gasteiger partial charge in [0.05, 0.1) is 45.5 Å². The van der Waals surface area contributed by atoms with Crippen LogP contribution >= 0.6 is 0 Å². The maximum Gasteiger partial charge on any atom is 0.417 e. The molecule has 0 N–H and O–H groups in total. The summed E-state index contributed by atoms with van der Waals surface area (Å²) in [5.41, 5.74) is 8.07. The van der Waals surface area contributed by atoms with Gasteiger partial charge < -0.3 is 4.57 Å². The second-order valence-electron chi connectivity index (χ2n) is 15.0. The van der Waals surface area contributed by atoms with Crippen molar-refractivity contribution in [1.29, 1.82) is 10.5 Å². The molecule has 0 radical (unpaired) electrons. The number of hydrogen-bond acceptors (Lipinski definition) is 5. The fourth-order valence-electron chi connectivity index (χ4n) is 8.16. The first kappa shape index (κ1) is 38.5. The van der Waals surface area contributed by atoms with Gasteiger partial charge in [0.15, 0.2) is 17.5 Å². The van der Waals surface area contributed by atoms with Crippen LogP contribution in [-0.4, -0.2) is 19.5 Å². The van der Waals surface area contributed by atoms with Gasteiger partial charge in [-0.3, -0.25) is 0 Å². The highest BCUT2D eigenvalue weighted by molar-refractivity contribution is 6.11. The molecule has 0 aliphatic carbocycles. The van der Waals surface area contributed by atoms with Gasteiger partial charge in [0.1, 0.15) is 0 Å². The standard InChI is InChI=1S/C54H31F3N6/c55-54(56,57)47-20-8-7-19-43(47)42-23-26-46(53-61-51(36-13-3-1-4-14-36)60-52(62-53)37-15-5-2-6-16-37)50(31-42)63-48-29-40(38-17-9-11-34(27-38)32-58)21-24-44(48)45-25-22-41(30-49(45)63)39-18-10-12-35(28-39)33-59/h1-31H. The third kappa shape index (κ3) is 7.24. The molecule has 10 aromatic rings. The van der Waals surface area contributed by atoms with E-state index in [0.29, 0.717) is 45.4 Å². The predicted octanol–water partition coefficient (Wildman–Crippen LogP) is 13.7. The predicted molar refractivity (Wildman–Crippen MR) is 241 cm³/mol. The molecule has 0 amide bonds. The Morgan fingerprint density at radius 2 is 0.857 bits per heavy atom. The van der Waals surface area contributed by atoms with E-state index in [1.165, 1.54) is 12.1 Å². The first-order chi connectivity index (χ1) is 30.7. The van der Waals surface area contributed by atoms with E-state index in [2.05, 4.69) is 16.7 Å². The Hall–Kier alpha value is -8.66. The molecule has 2 aromatic heterocycles. The molecule has 0 spiro atoms. The van der Waals surface area contributed by atoms with E-state index in [1.54, 1.807) is 36.4 Å². The lowest BCUT2D eigenvalue weighted by molar-refractivity contribution is -0.137. The number of nitrogens with zero attached hydrogens (tertiary/aromatic N) is 6. The van der Waals surface area contributed by atoms with E-state index in [9.17, 15) is 23.7 Å². The third-order valence-corrected chi connectivity index (χ3v) is 11.1. The summed E-state index contributed by atoms with van der Waals surface area (Å²) >= 11 is 0. The van der Waals surface area contributed by atoms with Gasteiger partial charge >= 0.3 is 6.18 Å². The van der Waals surface area contributed by atoms with Gasteiger partial charge in [0.25, 0.3) is 0 Å². The van der Waals surface area contributed by atoms with E-state index >= 15 is 0 Å². The molecule has 10 rings (SSSR count). The van der Waals surface area contributed by atoms with Crippen molar-refractivity contribution in [2.45, 2.75) is 6.18 Å². The largest absolute Gasteiger partial charge is 0.417 e. The molecule has 2 heterocycles. The first-order valence-corrected chi connectivity index (χ1v) is 20.0. The van der Waals surface area contributed by atoms with E-state index in [0.717, 1.165) is 61.3 Å². The Morgan fingerprint density at radius 1 is 0.397 bits per heavy atom. The summed E-state index contributed by atoms with van der Waals surface area (Å²) in [4.78, 5) is 15.1. The van der Waals surface area contributed by atoms with Crippen molar-refractivity contribution in [3.8, 4) is 85.4 Å². The summed E-state index contributed by atoms with van der Waals surface area (Å²) in [6.45, 7) is 0. The van der Waals surface area contributed by atoms with Crippen LogP contribution in [0.4, 0.5) is 13.2 Å². The fourth-order valence-corrected chi connectivity index (χ4v) is 8.16. The Balaban J connectivity index is 1.33. The van der Waals surface area contributed by atoms with Crippen LogP contribution in [0, 0.1) is 22.7 Å². The lowest BCUT2D eigenvalue weighted by Crippen LogP contribution is -2.07. The van der Waals surface area contributed by atoms with Gasteiger partial charge in [0, 0.05) is 27.5 Å². The zero-order valence-corrected chi connectivity index (χ0v) is 33.2. The Bertz CT molecular complexity index is 3300. The number of benzene rings is 8. The van der Waals surface area contributed by atoms with Gasteiger partial charge in [-0.15, -0.1) is 0 Å². The Kier molecular flexibility index (Phi) is 9.63. The van der Waals surface area contributed by atoms with Crippen LogP contribution in [0.25, 0.3) is 95.0 Å². The third-order valence-electron chi connectivity index (χ3n) is 11.1. The highest BCUT2D eigenvalue weighted by atomic mass is 19.4. The van der Waals surface area contributed by atoms with Crippen molar-refractivity contribution in [2.24, 2.45) is 0 Å². The molecule has 6 nitrogen and oxygen atoms in total. The van der Waals surface area contributed by atoms with Gasteiger partial charge in [-0.2, -0.15) is 23.7 Å². The zero-order chi connectivity index (χ0) is 43.1. The van der Waals surface area contributed by atoms with Crippen molar-refractivity contribution < 1.29 is 13.2 Å². The van der Waals surface area contributed by atoms with Crippen molar-refractivity contribution in [2.75, 3.05) is 0 Å². The molecular formula is C54H31F3N6. The van der Waals surface area contributed by atoms with Crippen LogP contribution in [0.5, 0.6) is 0 Å². The monoisotopic (exact) mass is 820 g/mol. The number of aromatic nitrogens is 4. The summed E-state index contributed by atoms with van der Waals surface area (Å²) in [6, 6.07) is 61.3. The van der Waals surface area contributed by atoms with Crippen LogP contribution < -0.4 is 0 Å². The molecule has 0 fully saturated rings. The summed E-state index contributed by atoms with van der Waals surface area (Å²) in [5.74, 6) is 1.18. The van der Waals surface area contributed by atoms with E-state index in [-0.39, 0.29) is 5.56 Å². The van der Waals surface area contributed by atoms with Crippen LogP contribution in [0.1, 0.15) is 16.7 Å². The lowest BCUT2D eigenvalue weighted by atomic mass is 9.96. The highest BCUT2D eigenvalue weighted by Crippen LogP contribution is 2.43. The molecule has 0 atom stereocenters. The zero-order valence-electron chi connectivity index (χ0n) is 33.2. The minimum absolute atomic E-state index is 0.0205. The normalized spacial score (nSPS) is 11.4. The van der Waals surface area contributed by atoms with Crippen LogP contribution in [0.3, 0.4) is 0 Å². The van der Waals surface area contributed by atoms with E-state index in [1.807, 2.05) is 133 Å². The first-order valence-electron chi connectivity index (χ1n) is 20.0. The van der Waals surface area contributed by atoms with Crippen molar-refractivity contribution in [3.05, 3.63) is 205 Å². The summed E-state index contributed by atoms with van der Waals surface area (Å²) in [6.07, 6.45) is -4.62. The second-order valence-corrected chi connectivity index (χ2v) is 15.0. The number of hydrogen-bond donors (Lipinski definition) is 0. The SMILES string of the molecule is N#Cc1cccc(-c2ccc3c4ccc(-c5cccc(C#N)c5)cc4n(-c4cc(-c5ccccc5C(F)(F)F)ccc4-c4nc(-c5ccccc5)nc(-c5ccccc5)n4)c3c2)c1.